The van der Waals surface area contributed by atoms with Crippen molar-refractivity contribution in [1.29, 1.82) is 0 Å². The molecule has 5 nitrogen and oxygen atoms in total. The summed E-state index contributed by atoms with van der Waals surface area (Å²) in [4.78, 5) is 6.80. The van der Waals surface area contributed by atoms with E-state index in [2.05, 4.69) is 57.0 Å². The summed E-state index contributed by atoms with van der Waals surface area (Å²) in [6.45, 7) is 2.08. The molecule has 0 amide bonds. The Hall–Kier alpha value is -3.64. The highest BCUT2D eigenvalue weighted by atomic mass is 32.1. The minimum Gasteiger partial charge on any atom is -0.508 e. The molecule has 3 heterocycles. The number of hydrogen-bond acceptors (Lipinski definition) is 3. The largest absolute Gasteiger partial charge is 0.508 e. The van der Waals surface area contributed by atoms with Crippen LogP contribution in [0.25, 0.3) is 5.69 Å². The number of thiocarbonyl (C=S) groups is 1. The van der Waals surface area contributed by atoms with Crippen LogP contribution in [0.1, 0.15) is 29.0 Å². The molecule has 2 atom stereocenters. The molecule has 0 saturated carbocycles. The van der Waals surface area contributed by atoms with Crippen molar-refractivity contribution in [3.05, 3.63) is 108 Å². The number of phenols is 1. The van der Waals surface area contributed by atoms with Crippen LogP contribution in [-0.2, 0) is 0 Å². The summed E-state index contributed by atoms with van der Waals surface area (Å²) in [6.07, 6.45) is 3.85. The summed E-state index contributed by atoms with van der Waals surface area (Å²) >= 11 is 5.82. The smallest absolute Gasteiger partial charge is 0.174 e. The number of hydrogen-bond donors (Lipinski definition) is 2. The first-order valence-electron chi connectivity index (χ1n) is 10.2. The molecule has 0 bridgehead atoms. The molecule has 2 aromatic carbocycles. The number of pyridine rings is 1. The Kier molecular flexibility index (Phi) is 4.92. The van der Waals surface area contributed by atoms with Gasteiger partial charge in [-0.1, -0.05) is 18.2 Å². The van der Waals surface area contributed by atoms with Crippen LogP contribution in [0.15, 0.2) is 91.3 Å². The lowest BCUT2D eigenvalue weighted by atomic mass is 10.0. The molecule has 154 valence electrons. The monoisotopic (exact) mass is 426 g/mol. The highest BCUT2D eigenvalue weighted by Gasteiger charge is 2.42. The topological polar surface area (TPSA) is 53.3 Å². The Morgan fingerprint density at radius 3 is 2.52 bits per heavy atom. The Labute approximate surface area is 186 Å². The van der Waals surface area contributed by atoms with E-state index in [1.165, 1.54) is 5.56 Å². The molecule has 1 fully saturated rings. The second-order valence-electron chi connectivity index (χ2n) is 7.66. The highest BCUT2D eigenvalue weighted by Crippen LogP contribution is 2.42. The molecule has 1 aliphatic rings. The predicted molar refractivity (Wildman–Crippen MR) is 127 cm³/mol. The Balaban J connectivity index is 1.67. The number of benzene rings is 2. The van der Waals surface area contributed by atoms with Gasteiger partial charge < -0.3 is 19.9 Å². The van der Waals surface area contributed by atoms with E-state index >= 15 is 0 Å². The number of rotatable bonds is 4. The van der Waals surface area contributed by atoms with Gasteiger partial charge in [0.2, 0.25) is 0 Å². The molecule has 0 spiro atoms. The average molecular weight is 427 g/mol. The van der Waals surface area contributed by atoms with Gasteiger partial charge in [-0.3, -0.25) is 4.98 Å². The molecule has 4 aromatic rings. The van der Waals surface area contributed by atoms with Crippen LogP contribution in [0.3, 0.4) is 0 Å². The van der Waals surface area contributed by atoms with Gasteiger partial charge in [-0.15, -0.1) is 0 Å². The third kappa shape index (κ3) is 3.55. The Morgan fingerprint density at radius 1 is 0.935 bits per heavy atom. The van der Waals surface area contributed by atoms with Crippen LogP contribution in [0.5, 0.6) is 5.75 Å². The van der Waals surface area contributed by atoms with E-state index in [4.69, 9.17) is 12.2 Å². The second-order valence-corrected chi connectivity index (χ2v) is 8.04. The number of aromatic nitrogens is 2. The van der Waals surface area contributed by atoms with Gasteiger partial charge in [0.1, 0.15) is 11.8 Å². The van der Waals surface area contributed by atoms with Crippen molar-refractivity contribution in [3.8, 4) is 11.4 Å². The fourth-order valence-corrected chi connectivity index (χ4v) is 4.54. The standard InChI is InChI=1S/C25H22N4OS/c1-17-6-4-7-19(16-17)29-24(23(27-25(29)31)21-8-2-3-14-26-21)22-9-5-15-28(22)18-10-12-20(30)13-11-18/h2-16,23-24,30H,1H3,(H,27,31)/t23-,24+/m0/s1. The molecule has 0 unspecified atom stereocenters. The summed E-state index contributed by atoms with van der Waals surface area (Å²) in [5.41, 5.74) is 5.20. The van der Waals surface area contributed by atoms with E-state index in [-0.39, 0.29) is 17.8 Å². The van der Waals surface area contributed by atoms with Crippen molar-refractivity contribution in [2.24, 2.45) is 0 Å². The van der Waals surface area contributed by atoms with E-state index in [0.717, 1.165) is 22.8 Å². The number of nitrogens with one attached hydrogen (secondary N) is 1. The van der Waals surface area contributed by atoms with E-state index in [1.54, 1.807) is 12.1 Å². The summed E-state index contributed by atoms with van der Waals surface area (Å²) in [5.74, 6) is 0.244. The van der Waals surface area contributed by atoms with Crippen molar-refractivity contribution in [1.82, 2.24) is 14.9 Å². The maximum absolute atomic E-state index is 9.72. The van der Waals surface area contributed by atoms with Gasteiger partial charge in [0.05, 0.1) is 11.7 Å². The SMILES string of the molecule is Cc1cccc(N2C(=S)N[C@@H](c3ccccn3)[C@H]2c2cccn2-c2ccc(O)cc2)c1. The molecular formula is C25H22N4OS. The van der Waals surface area contributed by atoms with E-state index in [9.17, 15) is 5.11 Å². The third-order valence-corrected chi connectivity index (χ3v) is 5.90. The quantitative estimate of drug-likeness (QED) is 0.447. The molecule has 1 aliphatic heterocycles. The lowest BCUT2D eigenvalue weighted by Crippen LogP contribution is -2.30. The third-order valence-electron chi connectivity index (χ3n) is 5.59. The number of aryl methyl sites for hydroxylation is 1. The minimum absolute atomic E-state index is 0.104. The van der Waals surface area contributed by atoms with Crippen molar-refractivity contribution >= 4 is 23.0 Å². The summed E-state index contributed by atoms with van der Waals surface area (Å²) in [6, 6.07) is 25.5. The fourth-order valence-electron chi connectivity index (χ4n) is 4.19. The van der Waals surface area contributed by atoms with Gasteiger partial charge >= 0.3 is 0 Å². The van der Waals surface area contributed by atoms with Gasteiger partial charge in [0, 0.05) is 29.5 Å². The van der Waals surface area contributed by atoms with E-state index in [1.807, 2.05) is 48.8 Å². The van der Waals surface area contributed by atoms with Crippen molar-refractivity contribution in [2.75, 3.05) is 4.90 Å². The summed E-state index contributed by atoms with van der Waals surface area (Å²) in [7, 11) is 0. The molecule has 6 heteroatoms. The first-order valence-corrected chi connectivity index (χ1v) is 10.6. The summed E-state index contributed by atoms with van der Waals surface area (Å²) in [5, 5.41) is 13.9. The van der Waals surface area contributed by atoms with Gasteiger partial charge in [-0.25, -0.2) is 0 Å². The van der Waals surface area contributed by atoms with Crippen LogP contribution in [0.2, 0.25) is 0 Å². The maximum atomic E-state index is 9.72. The van der Waals surface area contributed by atoms with Crippen LogP contribution in [0.4, 0.5) is 5.69 Å². The molecule has 2 N–H and O–H groups in total. The second kappa shape index (κ2) is 7.89. The average Bonchev–Trinajstić information content (AvgIpc) is 3.39. The predicted octanol–water partition coefficient (Wildman–Crippen LogP) is 5.06. The molecule has 0 radical (unpaired) electrons. The number of nitrogens with zero attached hydrogens (tertiary/aromatic N) is 3. The lowest BCUT2D eigenvalue weighted by molar-refractivity contribution is 0.475. The first kappa shape index (κ1) is 19.3. The van der Waals surface area contributed by atoms with Crippen molar-refractivity contribution in [3.63, 3.8) is 0 Å². The number of aromatic hydroxyl groups is 1. The molecular weight excluding hydrogens is 404 g/mol. The van der Waals surface area contributed by atoms with Crippen molar-refractivity contribution < 1.29 is 5.11 Å². The van der Waals surface area contributed by atoms with Crippen LogP contribution < -0.4 is 10.2 Å². The Bertz CT molecular complexity index is 1220. The maximum Gasteiger partial charge on any atom is 0.174 e. The zero-order valence-corrected chi connectivity index (χ0v) is 17.8. The van der Waals surface area contributed by atoms with Gasteiger partial charge in [-0.05, 0) is 85.4 Å². The number of phenolic OH excluding ortho intramolecular Hbond substituents is 1. The van der Waals surface area contributed by atoms with Crippen LogP contribution in [-0.4, -0.2) is 19.8 Å². The molecule has 31 heavy (non-hydrogen) atoms. The zero-order chi connectivity index (χ0) is 21.4. The normalized spacial score (nSPS) is 18.2. The lowest BCUT2D eigenvalue weighted by Gasteiger charge is -2.29. The van der Waals surface area contributed by atoms with E-state index in [0.29, 0.717) is 5.11 Å². The number of anilines is 1. The summed E-state index contributed by atoms with van der Waals surface area (Å²) < 4.78 is 2.14. The van der Waals surface area contributed by atoms with Crippen molar-refractivity contribution in [2.45, 2.75) is 19.0 Å². The fraction of sp³-hybridized carbons (Fsp3) is 0.120. The molecule has 5 rings (SSSR count). The van der Waals surface area contributed by atoms with Crippen LogP contribution in [0, 0.1) is 6.92 Å². The van der Waals surface area contributed by atoms with Gasteiger partial charge in [0.25, 0.3) is 0 Å². The Morgan fingerprint density at radius 2 is 1.77 bits per heavy atom. The minimum atomic E-state index is -0.111. The highest BCUT2D eigenvalue weighted by molar-refractivity contribution is 7.80. The molecule has 2 aromatic heterocycles. The van der Waals surface area contributed by atoms with Gasteiger partial charge in [-0.2, -0.15) is 0 Å². The van der Waals surface area contributed by atoms with Crippen LogP contribution >= 0.6 is 12.2 Å². The molecule has 0 aliphatic carbocycles. The zero-order valence-electron chi connectivity index (χ0n) is 17.0. The van der Waals surface area contributed by atoms with Gasteiger partial charge in [0.15, 0.2) is 5.11 Å². The first-order chi connectivity index (χ1) is 15.1. The van der Waals surface area contributed by atoms with E-state index < -0.39 is 0 Å². The molecule has 1 saturated heterocycles.